The number of nitrogens with zero attached hydrogens (tertiary/aromatic N) is 3. The molecule has 0 saturated carbocycles. The molecule has 0 saturated heterocycles. The maximum Gasteiger partial charge on any atom is 0.279 e. The predicted molar refractivity (Wildman–Crippen MR) is 47.6 cm³/mol. The van der Waals surface area contributed by atoms with Gasteiger partial charge >= 0.3 is 0 Å². The standard InChI is InChI=1S/C8H10N4O2/c1-11-6-5(4-10-11)7(13)12(3-2-9)8(6)14/h4H,2-3,9H2,1H3. The summed E-state index contributed by atoms with van der Waals surface area (Å²) in [6.07, 6.45) is 1.41. The number of nitrogens with two attached hydrogens (primary N) is 1. The number of hydrogen-bond donors (Lipinski definition) is 1. The summed E-state index contributed by atoms with van der Waals surface area (Å²) >= 11 is 0. The van der Waals surface area contributed by atoms with Gasteiger partial charge in [-0.2, -0.15) is 5.10 Å². The molecule has 0 radical (unpaired) electrons. The highest BCUT2D eigenvalue weighted by molar-refractivity contribution is 6.20. The Morgan fingerprint density at radius 3 is 2.71 bits per heavy atom. The molecule has 14 heavy (non-hydrogen) atoms. The van der Waals surface area contributed by atoms with E-state index in [1.54, 1.807) is 7.05 Å². The topological polar surface area (TPSA) is 81.2 Å². The number of imide groups is 1. The van der Waals surface area contributed by atoms with Gasteiger partial charge in [-0.3, -0.25) is 19.2 Å². The molecule has 2 N–H and O–H groups in total. The summed E-state index contributed by atoms with van der Waals surface area (Å²) in [5.74, 6) is -0.612. The zero-order valence-corrected chi connectivity index (χ0v) is 7.73. The maximum absolute atomic E-state index is 11.7. The highest BCUT2D eigenvalue weighted by Crippen LogP contribution is 2.20. The van der Waals surface area contributed by atoms with Crippen molar-refractivity contribution in [1.29, 1.82) is 0 Å². The molecule has 74 valence electrons. The summed E-state index contributed by atoms with van der Waals surface area (Å²) in [5.41, 5.74) is 6.02. The zero-order valence-electron chi connectivity index (χ0n) is 7.73. The van der Waals surface area contributed by atoms with E-state index in [2.05, 4.69) is 5.10 Å². The van der Waals surface area contributed by atoms with E-state index in [1.165, 1.54) is 10.9 Å². The Hall–Kier alpha value is -1.69. The number of fused-ring (bicyclic) bond motifs is 1. The molecule has 0 aliphatic carbocycles. The van der Waals surface area contributed by atoms with E-state index in [9.17, 15) is 9.59 Å². The van der Waals surface area contributed by atoms with E-state index in [-0.39, 0.29) is 24.9 Å². The van der Waals surface area contributed by atoms with Crippen LogP contribution < -0.4 is 5.73 Å². The van der Waals surface area contributed by atoms with Gasteiger partial charge < -0.3 is 5.73 Å². The third kappa shape index (κ3) is 0.973. The minimum absolute atomic E-state index is 0.256. The Balaban J connectivity index is 2.44. The van der Waals surface area contributed by atoms with Gasteiger partial charge in [-0.15, -0.1) is 0 Å². The van der Waals surface area contributed by atoms with Crippen molar-refractivity contribution in [2.45, 2.75) is 0 Å². The third-order valence-corrected chi connectivity index (χ3v) is 2.21. The van der Waals surface area contributed by atoms with E-state index in [0.29, 0.717) is 11.3 Å². The van der Waals surface area contributed by atoms with Gasteiger partial charge in [0, 0.05) is 20.1 Å². The second kappa shape index (κ2) is 2.91. The molecule has 2 rings (SSSR count). The summed E-state index contributed by atoms with van der Waals surface area (Å²) in [5, 5.41) is 3.85. The fourth-order valence-electron chi connectivity index (χ4n) is 1.55. The van der Waals surface area contributed by atoms with E-state index >= 15 is 0 Å². The number of hydrogen-bond acceptors (Lipinski definition) is 4. The zero-order chi connectivity index (χ0) is 10.3. The molecule has 2 amide bonds. The Morgan fingerprint density at radius 2 is 2.14 bits per heavy atom. The summed E-state index contributed by atoms with van der Waals surface area (Å²) in [6.45, 7) is 0.533. The van der Waals surface area contributed by atoms with Gasteiger partial charge in [0.1, 0.15) is 5.69 Å². The Kier molecular flexibility index (Phi) is 1.85. The SMILES string of the molecule is Cn1ncc2c1C(=O)N(CCN)C2=O. The average molecular weight is 194 g/mol. The number of aromatic nitrogens is 2. The van der Waals surface area contributed by atoms with Gasteiger partial charge in [0.25, 0.3) is 11.8 Å². The van der Waals surface area contributed by atoms with Crippen LogP contribution in [0.3, 0.4) is 0 Å². The Labute approximate surface area is 80.3 Å². The third-order valence-electron chi connectivity index (χ3n) is 2.21. The van der Waals surface area contributed by atoms with Gasteiger partial charge in [-0.05, 0) is 0 Å². The smallest absolute Gasteiger partial charge is 0.279 e. The lowest BCUT2D eigenvalue weighted by molar-refractivity contribution is 0.0653. The number of amides is 2. The van der Waals surface area contributed by atoms with Crippen LogP contribution in [0, 0.1) is 0 Å². The quantitative estimate of drug-likeness (QED) is 0.611. The van der Waals surface area contributed by atoms with Crippen LogP contribution in [0.4, 0.5) is 0 Å². The molecular formula is C8H10N4O2. The fourth-order valence-corrected chi connectivity index (χ4v) is 1.55. The molecule has 0 bridgehead atoms. The molecule has 2 heterocycles. The fraction of sp³-hybridized carbons (Fsp3) is 0.375. The predicted octanol–water partition coefficient (Wildman–Crippen LogP) is -1.03. The van der Waals surface area contributed by atoms with Crippen molar-refractivity contribution in [1.82, 2.24) is 14.7 Å². The van der Waals surface area contributed by atoms with Crippen molar-refractivity contribution in [2.75, 3.05) is 13.1 Å². The van der Waals surface area contributed by atoms with Crippen LogP contribution in [0.15, 0.2) is 6.20 Å². The number of carbonyl (C=O) groups is 2. The van der Waals surface area contributed by atoms with Crippen LogP contribution in [0.25, 0.3) is 0 Å². The highest BCUT2D eigenvalue weighted by Gasteiger charge is 2.38. The first-order valence-electron chi connectivity index (χ1n) is 4.25. The van der Waals surface area contributed by atoms with Gasteiger partial charge in [0.05, 0.1) is 11.8 Å². The molecule has 0 spiro atoms. The largest absolute Gasteiger partial charge is 0.329 e. The van der Waals surface area contributed by atoms with Crippen LogP contribution in [0.5, 0.6) is 0 Å². The van der Waals surface area contributed by atoms with E-state index in [1.807, 2.05) is 0 Å². The molecule has 0 aromatic carbocycles. The van der Waals surface area contributed by atoms with E-state index < -0.39 is 0 Å². The molecule has 0 atom stereocenters. The van der Waals surface area contributed by atoms with Gasteiger partial charge in [-0.1, -0.05) is 0 Å². The monoisotopic (exact) mass is 194 g/mol. The maximum atomic E-state index is 11.7. The molecule has 0 fully saturated rings. The molecule has 6 heteroatoms. The van der Waals surface area contributed by atoms with Crippen molar-refractivity contribution in [3.63, 3.8) is 0 Å². The van der Waals surface area contributed by atoms with Crippen molar-refractivity contribution in [3.05, 3.63) is 17.5 Å². The summed E-state index contributed by atoms with van der Waals surface area (Å²) in [4.78, 5) is 24.4. The van der Waals surface area contributed by atoms with Crippen LogP contribution in [0.1, 0.15) is 20.8 Å². The molecule has 1 aromatic heterocycles. The summed E-state index contributed by atoms with van der Waals surface area (Å²) < 4.78 is 1.41. The molecule has 1 aliphatic heterocycles. The van der Waals surface area contributed by atoms with E-state index in [0.717, 1.165) is 4.90 Å². The lowest BCUT2D eigenvalue weighted by Crippen LogP contribution is -2.35. The summed E-state index contributed by atoms with van der Waals surface area (Å²) in [6, 6.07) is 0. The lowest BCUT2D eigenvalue weighted by Gasteiger charge is -2.11. The second-order valence-electron chi connectivity index (χ2n) is 3.08. The van der Waals surface area contributed by atoms with Crippen LogP contribution in [-0.4, -0.2) is 39.6 Å². The summed E-state index contributed by atoms with van der Waals surface area (Å²) in [7, 11) is 1.63. The van der Waals surface area contributed by atoms with Gasteiger partial charge in [0.2, 0.25) is 0 Å². The van der Waals surface area contributed by atoms with Crippen molar-refractivity contribution >= 4 is 11.8 Å². The number of aryl methyl sites for hydroxylation is 1. The van der Waals surface area contributed by atoms with Crippen molar-refractivity contribution in [2.24, 2.45) is 12.8 Å². The minimum atomic E-state index is -0.310. The van der Waals surface area contributed by atoms with Crippen LogP contribution >= 0.6 is 0 Å². The molecule has 1 aliphatic rings. The molecule has 1 aromatic rings. The first-order valence-corrected chi connectivity index (χ1v) is 4.25. The van der Waals surface area contributed by atoms with Gasteiger partial charge in [-0.25, -0.2) is 0 Å². The first-order chi connectivity index (χ1) is 6.66. The number of carbonyl (C=O) groups excluding carboxylic acids is 2. The number of rotatable bonds is 2. The van der Waals surface area contributed by atoms with E-state index in [4.69, 9.17) is 5.73 Å². The van der Waals surface area contributed by atoms with Crippen LogP contribution in [-0.2, 0) is 7.05 Å². The first kappa shape index (κ1) is 8.89. The molecular weight excluding hydrogens is 184 g/mol. The lowest BCUT2D eigenvalue weighted by atomic mass is 10.3. The van der Waals surface area contributed by atoms with Crippen molar-refractivity contribution < 1.29 is 9.59 Å². The van der Waals surface area contributed by atoms with Crippen LogP contribution in [0.2, 0.25) is 0 Å². The Bertz CT molecular complexity index is 409. The second-order valence-corrected chi connectivity index (χ2v) is 3.08. The van der Waals surface area contributed by atoms with Crippen molar-refractivity contribution in [3.8, 4) is 0 Å². The van der Waals surface area contributed by atoms with Gasteiger partial charge in [0.15, 0.2) is 0 Å². The normalized spacial score (nSPS) is 15.1. The molecule has 6 nitrogen and oxygen atoms in total. The molecule has 0 unspecified atom stereocenters. The Morgan fingerprint density at radius 1 is 1.43 bits per heavy atom. The minimum Gasteiger partial charge on any atom is -0.329 e. The highest BCUT2D eigenvalue weighted by atomic mass is 16.2. The average Bonchev–Trinajstić information content (AvgIpc) is 2.63.